The predicted molar refractivity (Wildman–Crippen MR) is 147 cm³/mol. The van der Waals surface area contributed by atoms with Crippen molar-refractivity contribution in [3.05, 3.63) is 36.3 Å². The Labute approximate surface area is 227 Å². The van der Waals surface area contributed by atoms with E-state index >= 15 is 0 Å². The van der Waals surface area contributed by atoms with E-state index in [1.807, 2.05) is 9.47 Å². The highest BCUT2D eigenvalue weighted by atomic mass is 19.1. The molecule has 3 N–H and O–H groups in total. The fraction of sp³-hybridized carbons (Fsp3) is 0.571. The third kappa shape index (κ3) is 5.56. The fourth-order valence-electron chi connectivity index (χ4n) is 6.18. The minimum atomic E-state index is -0.362. The van der Waals surface area contributed by atoms with Gasteiger partial charge < -0.3 is 25.5 Å². The van der Waals surface area contributed by atoms with E-state index in [0.29, 0.717) is 35.2 Å². The molecule has 3 heterocycles. The lowest BCUT2D eigenvalue weighted by Gasteiger charge is -2.34. The van der Waals surface area contributed by atoms with E-state index in [1.165, 1.54) is 6.07 Å². The number of piperazine rings is 1. The van der Waals surface area contributed by atoms with Gasteiger partial charge in [0, 0.05) is 44.2 Å². The van der Waals surface area contributed by atoms with Gasteiger partial charge in [0.1, 0.15) is 11.3 Å². The molecular formula is C28H37FN8O2. The number of imidazole rings is 1. The molecule has 6 rings (SSSR count). The number of para-hydroxylation sites is 1. The number of hydrogen-bond acceptors (Lipinski definition) is 8. The van der Waals surface area contributed by atoms with Gasteiger partial charge in [0.25, 0.3) is 0 Å². The number of carbonyl (C=O) groups is 1. The fourth-order valence-corrected chi connectivity index (χ4v) is 6.18. The van der Waals surface area contributed by atoms with Gasteiger partial charge in [-0.15, -0.1) is 0 Å². The maximum Gasteiger partial charge on any atom is 0.225 e. The van der Waals surface area contributed by atoms with Crippen molar-refractivity contribution >= 4 is 34.7 Å². The van der Waals surface area contributed by atoms with E-state index in [1.54, 1.807) is 24.4 Å². The van der Waals surface area contributed by atoms with E-state index in [-0.39, 0.29) is 35.8 Å². The zero-order valence-corrected chi connectivity index (χ0v) is 22.4. The number of likely N-dealkylation sites (N-methyl/N-ethyl adjacent to an activating group) is 1. The number of nitrogens with zero attached hydrogens (tertiary/aromatic N) is 6. The van der Waals surface area contributed by atoms with Crippen molar-refractivity contribution in [1.29, 1.82) is 0 Å². The molecule has 2 aromatic heterocycles. The number of aliphatic hydroxyl groups is 1. The maximum atomic E-state index is 14.6. The van der Waals surface area contributed by atoms with Crippen molar-refractivity contribution in [1.82, 2.24) is 29.3 Å². The van der Waals surface area contributed by atoms with E-state index in [2.05, 4.69) is 27.6 Å². The number of hydrogen-bond donors (Lipinski definition) is 3. The Bertz CT molecular complexity index is 1320. The van der Waals surface area contributed by atoms with Crippen LogP contribution in [0.15, 0.2) is 30.5 Å². The molecule has 1 saturated heterocycles. The molecule has 0 spiro atoms. The highest BCUT2D eigenvalue weighted by Crippen LogP contribution is 2.40. The summed E-state index contributed by atoms with van der Waals surface area (Å²) in [6, 6.07) is 6.74. The number of aromatic nitrogens is 4. The molecule has 2 saturated carbocycles. The Morgan fingerprint density at radius 3 is 2.56 bits per heavy atom. The number of rotatable bonds is 6. The lowest BCUT2D eigenvalue weighted by molar-refractivity contribution is -0.137. The first kappa shape index (κ1) is 25.9. The van der Waals surface area contributed by atoms with E-state index < -0.39 is 0 Å². The van der Waals surface area contributed by atoms with E-state index in [0.717, 1.165) is 64.7 Å². The van der Waals surface area contributed by atoms with Crippen molar-refractivity contribution in [3.8, 4) is 0 Å². The molecular weight excluding hydrogens is 499 g/mol. The second-order valence-electron chi connectivity index (χ2n) is 11.3. The minimum absolute atomic E-state index is 0.00161. The van der Waals surface area contributed by atoms with Crippen LogP contribution in [0.2, 0.25) is 0 Å². The van der Waals surface area contributed by atoms with Crippen LogP contribution in [-0.4, -0.2) is 85.7 Å². The van der Waals surface area contributed by atoms with Gasteiger partial charge >= 0.3 is 0 Å². The van der Waals surface area contributed by atoms with Crippen LogP contribution in [0.1, 0.15) is 51.0 Å². The van der Waals surface area contributed by atoms with Crippen LogP contribution in [0.4, 0.5) is 22.0 Å². The van der Waals surface area contributed by atoms with Crippen molar-refractivity contribution in [2.24, 2.45) is 5.92 Å². The first-order valence-corrected chi connectivity index (χ1v) is 14.1. The van der Waals surface area contributed by atoms with Gasteiger partial charge in [0.05, 0.1) is 18.0 Å². The average Bonchev–Trinajstić information content (AvgIpc) is 3.56. The summed E-state index contributed by atoms with van der Waals surface area (Å²) in [5.74, 6) is 0.838. The van der Waals surface area contributed by atoms with E-state index in [9.17, 15) is 14.3 Å². The number of aliphatic hydroxyl groups excluding tert-OH is 1. The second-order valence-corrected chi connectivity index (χ2v) is 11.3. The molecule has 2 aliphatic carbocycles. The summed E-state index contributed by atoms with van der Waals surface area (Å²) >= 11 is 0. The predicted octanol–water partition coefficient (Wildman–Crippen LogP) is 3.54. The molecule has 2 atom stereocenters. The number of carbonyl (C=O) groups excluding carboxylic acids is 1. The normalized spacial score (nSPS) is 26.2. The average molecular weight is 537 g/mol. The summed E-state index contributed by atoms with van der Waals surface area (Å²) in [7, 11) is 2.09. The van der Waals surface area contributed by atoms with Crippen molar-refractivity contribution < 1.29 is 14.3 Å². The number of fused-ring (bicyclic) bond motifs is 1. The molecule has 1 aliphatic heterocycles. The van der Waals surface area contributed by atoms with Crippen LogP contribution >= 0.6 is 0 Å². The van der Waals surface area contributed by atoms with Gasteiger partial charge in [-0.25, -0.2) is 14.4 Å². The summed E-state index contributed by atoms with van der Waals surface area (Å²) in [5, 5.41) is 16.5. The molecule has 208 valence electrons. The Balaban J connectivity index is 1.28. The smallest absolute Gasteiger partial charge is 0.225 e. The first-order valence-electron chi connectivity index (χ1n) is 14.1. The Morgan fingerprint density at radius 1 is 1.03 bits per heavy atom. The third-order valence-electron chi connectivity index (χ3n) is 8.52. The molecule has 1 amide bonds. The Morgan fingerprint density at radius 2 is 1.79 bits per heavy atom. The van der Waals surface area contributed by atoms with Gasteiger partial charge in [-0.1, -0.05) is 12.1 Å². The molecule has 0 radical (unpaired) electrons. The molecule has 39 heavy (non-hydrogen) atoms. The lowest BCUT2D eigenvalue weighted by Crippen LogP contribution is -2.48. The van der Waals surface area contributed by atoms with Crippen LogP contribution in [0.25, 0.3) is 11.2 Å². The lowest BCUT2D eigenvalue weighted by atomic mass is 9.93. The molecule has 3 fully saturated rings. The zero-order chi connectivity index (χ0) is 26.9. The maximum absolute atomic E-state index is 14.6. The first-order chi connectivity index (χ1) is 18.9. The Hall–Kier alpha value is -3.31. The highest BCUT2D eigenvalue weighted by Gasteiger charge is 2.36. The largest absolute Gasteiger partial charge is 0.393 e. The quantitative estimate of drug-likeness (QED) is 0.439. The monoisotopic (exact) mass is 536 g/mol. The second kappa shape index (κ2) is 11.1. The van der Waals surface area contributed by atoms with Gasteiger partial charge in [-0.3, -0.25) is 9.36 Å². The van der Waals surface area contributed by atoms with Crippen LogP contribution in [0, 0.1) is 11.7 Å². The van der Waals surface area contributed by atoms with E-state index in [4.69, 9.17) is 9.97 Å². The highest BCUT2D eigenvalue weighted by molar-refractivity contribution is 5.80. The SMILES string of the molecule is CN1CCN(C(=O)[C@@H]2CC[C@H](n3c(Nc4ccccc4F)nc4cnc(NC5CCC(O)CC5)nc43)C2)CC1. The van der Waals surface area contributed by atoms with Gasteiger partial charge in [0.15, 0.2) is 5.65 Å². The summed E-state index contributed by atoms with van der Waals surface area (Å²) in [4.78, 5) is 31.8. The number of benzene rings is 1. The van der Waals surface area contributed by atoms with Crippen LogP contribution < -0.4 is 10.6 Å². The molecule has 1 aromatic carbocycles. The Kier molecular flexibility index (Phi) is 7.35. The topological polar surface area (TPSA) is 111 Å². The third-order valence-corrected chi connectivity index (χ3v) is 8.52. The number of halogens is 1. The number of amides is 1. The number of nitrogens with one attached hydrogen (secondary N) is 2. The zero-order valence-electron chi connectivity index (χ0n) is 22.4. The van der Waals surface area contributed by atoms with Gasteiger partial charge in [-0.2, -0.15) is 4.98 Å². The van der Waals surface area contributed by atoms with Crippen molar-refractivity contribution in [2.75, 3.05) is 43.9 Å². The molecule has 10 nitrogen and oxygen atoms in total. The van der Waals surface area contributed by atoms with Crippen LogP contribution in [0.5, 0.6) is 0 Å². The van der Waals surface area contributed by atoms with Gasteiger partial charge in [0.2, 0.25) is 17.8 Å². The molecule has 3 aliphatic rings. The summed E-state index contributed by atoms with van der Waals surface area (Å²) in [6.45, 7) is 3.34. The summed E-state index contributed by atoms with van der Waals surface area (Å²) < 4.78 is 16.6. The van der Waals surface area contributed by atoms with Crippen LogP contribution in [-0.2, 0) is 4.79 Å². The standard InChI is InChI=1S/C28H37FN8O2/c1-35-12-14-36(15-13-35)26(39)18-6-9-20(16-18)37-25-24(33-28(37)32-23-5-3-2-4-22(23)29)17-30-27(34-25)31-19-7-10-21(38)11-8-19/h2-5,17-21,38H,6-16H2,1H3,(H,32,33)(H,30,31,34)/t18-,19?,20+,21?/m1/s1. The summed E-state index contributed by atoms with van der Waals surface area (Å²) in [6.07, 6.45) is 7.02. The van der Waals surface area contributed by atoms with Gasteiger partial charge in [-0.05, 0) is 64.1 Å². The molecule has 0 bridgehead atoms. The molecule has 11 heteroatoms. The molecule has 3 aromatic rings. The van der Waals surface area contributed by atoms with Crippen molar-refractivity contribution in [2.45, 2.75) is 63.1 Å². The van der Waals surface area contributed by atoms with Crippen molar-refractivity contribution in [3.63, 3.8) is 0 Å². The minimum Gasteiger partial charge on any atom is -0.393 e. The number of anilines is 3. The summed E-state index contributed by atoms with van der Waals surface area (Å²) in [5.41, 5.74) is 1.62. The van der Waals surface area contributed by atoms with Crippen LogP contribution in [0.3, 0.4) is 0 Å². The molecule has 0 unspecified atom stereocenters.